The summed E-state index contributed by atoms with van der Waals surface area (Å²) in [4.78, 5) is 0. The minimum atomic E-state index is 0.196. The third kappa shape index (κ3) is 2.18. The number of benzene rings is 3. The molecule has 0 aliphatic carbocycles. The van der Waals surface area contributed by atoms with Gasteiger partial charge in [0, 0.05) is 5.39 Å². The molecule has 108 valence electrons. The van der Waals surface area contributed by atoms with Crippen molar-refractivity contribution in [3.63, 3.8) is 0 Å². The third-order valence-electron chi connectivity index (χ3n) is 4.12. The molecule has 0 amide bonds. The smallest absolute Gasteiger partial charge is 0.102 e. The van der Waals surface area contributed by atoms with E-state index >= 15 is 0 Å². The minimum Gasteiger partial charge on any atom is -0.192 e. The predicted molar refractivity (Wildman–Crippen MR) is 89.6 cm³/mol. The van der Waals surface area contributed by atoms with Crippen molar-refractivity contribution in [1.29, 1.82) is 15.8 Å². The molecule has 0 aromatic heterocycles. The van der Waals surface area contributed by atoms with Crippen LogP contribution in [0.3, 0.4) is 0 Å². The van der Waals surface area contributed by atoms with Crippen molar-refractivity contribution in [3.8, 4) is 18.2 Å². The number of hydrogen-bond acceptors (Lipinski definition) is 3. The van der Waals surface area contributed by atoms with Gasteiger partial charge in [-0.05, 0) is 40.3 Å². The van der Waals surface area contributed by atoms with Gasteiger partial charge in [0.05, 0.1) is 16.7 Å². The van der Waals surface area contributed by atoms with E-state index in [0.717, 1.165) is 33.5 Å². The molecule has 3 rings (SSSR count). The fraction of sp³-hybridized carbons (Fsp3) is 0.150. The second kappa shape index (κ2) is 5.80. The zero-order valence-corrected chi connectivity index (χ0v) is 12.7. The Bertz CT molecular complexity index is 1060. The molecule has 0 N–H and O–H groups in total. The summed E-state index contributed by atoms with van der Waals surface area (Å²) in [7, 11) is 0. The summed E-state index contributed by atoms with van der Waals surface area (Å²) < 4.78 is 0. The maximum absolute atomic E-state index is 9.55. The molecule has 3 aromatic carbocycles. The van der Waals surface area contributed by atoms with E-state index in [4.69, 9.17) is 0 Å². The van der Waals surface area contributed by atoms with Gasteiger partial charge in [-0.1, -0.05) is 37.6 Å². The van der Waals surface area contributed by atoms with Crippen molar-refractivity contribution in [1.82, 2.24) is 0 Å². The molecule has 23 heavy (non-hydrogen) atoms. The lowest BCUT2D eigenvalue weighted by Gasteiger charge is -2.13. The fourth-order valence-electron chi connectivity index (χ4n) is 3.10. The SMILES string of the molecule is CCCc1c(C#N)c(C#N)c(C#N)c2cc3ccccc3cc12. The molecule has 0 atom stereocenters. The van der Waals surface area contributed by atoms with Crippen LogP contribution < -0.4 is 0 Å². The first-order chi connectivity index (χ1) is 11.2. The minimum absolute atomic E-state index is 0.196. The van der Waals surface area contributed by atoms with Crippen LogP contribution in [0.15, 0.2) is 36.4 Å². The van der Waals surface area contributed by atoms with Crippen LogP contribution in [0.4, 0.5) is 0 Å². The van der Waals surface area contributed by atoms with Gasteiger partial charge in [0.2, 0.25) is 0 Å². The maximum atomic E-state index is 9.55. The van der Waals surface area contributed by atoms with Crippen LogP contribution in [0.25, 0.3) is 21.5 Å². The molecule has 0 spiro atoms. The van der Waals surface area contributed by atoms with E-state index in [9.17, 15) is 15.8 Å². The number of rotatable bonds is 2. The van der Waals surface area contributed by atoms with Crippen LogP contribution in [0.2, 0.25) is 0 Å². The lowest BCUT2D eigenvalue weighted by Crippen LogP contribution is -2.00. The molecule has 0 radical (unpaired) electrons. The van der Waals surface area contributed by atoms with Gasteiger partial charge in [-0.2, -0.15) is 15.8 Å². The summed E-state index contributed by atoms with van der Waals surface area (Å²) in [5, 5.41) is 32.3. The standard InChI is InChI=1S/C20H13N3/c1-2-5-15-16-8-13-6-3-4-7-14(13)9-17(16)19(11-22)20(12-23)18(15)10-21/h3-4,6-9H,2,5H2,1H3. The molecule has 0 saturated carbocycles. The lowest BCUT2D eigenvalue weighted by molar-refractivity contribution is 0.925. The number of hydrogen-bond donors (Lipinski definition) is 0. The Morgan fingerprint density at radius 2 is 1.35 bits per heavy atom. The number of nitriles is 3. The van der Waals surface area contributed by atoms with Crippen molar-refractivity contribution in [2.45, 2.75) is 19.8 Å². The Kier molecular flexibility index (Phi) is 3.68. The van der Waals surface area contributed by atoms with Crippen LogP contribution in [0, 0.1) is 34.0 Å². The van der Waals surface area contributed by atoms with Crippen molar-refractivity contribution in [2.24, 2.45) is 0 Å². The number of nitrogens with zero attached hydrogens (tertiary/aromatic N) is 3. The van der Waals surface area contributed by atoms with Crippen molar-refractivity contribution >= 4 is 21.5 Å². The highest BCUT2D eigenvalue weighted by molar-refractivity contribution is 6.04. The Labute approximate surface area is 134 Å². The van der Waals surface area contributed by atoms with Gasteiger partial charge in [0.25, 0.3) is 0 Å². The van der Waals surface area contributed by atoms with E-state index in [-0.39, 0.29) is 5.56 Å². The average molecular weight is 295 g/mol. The van der Waals surface area contributed by atoms with E-state index < -0.39 is 0 Å². The van der Waals surface area contributed by atoms with Crippen LogP contribution in [0.1, 0.15) is 35.6 Å². The maximum Gasteiger partial charge on any atom is 0.102 e. The van der Waals surface area contributed by atoms with Gasteiger partial charge in [0.15, 0.2) is 0 Å². The summed E-state index contributed by atoms with van der Waals surface area (Å²) in [6, 6.07) is 18.2. The fourth-order valence-corrected chi connectivity index (χ4v) is 3.10. The summed E-state index contributed by atoms with van der Waals surface area (Å²) in [5.41, 5.74) is 1.70. The van der Waals surface area contributed by atoms with Gasteiger partial charge in [-0.3, -0.25) is 0 Å². The normalized spacial score (nSPS) is 10.2. The molecule has 3 nitrogen and oxygen atoms in total. The Hall–Kier alpha value is -3.35. The Morgan fingerprint density at radius 3 is 1.87 bits per heavy atom. The summed E-state index contributed by atoms with van der Waals surface area (Å²) in [6.07, 6.45) is 1.57. The van der Waals surface area contributed by atoms with Gasteiger partial charge in [-0.25, -0.2) is 0 Å². The molecular formula is C20H13N3. The van der Waals surface area contributed by atoms with Gasteiger partial charge in [-0.15, -0.1) is 0 Å². The molecular weight excluding hydrogens is 282 g/mol. The van der Waals surface area contributed by atoms with E-state index in [1.54, 1.807) is 0 Å². The van der Waals surface area contributed by atoms with Crippen molar-refractivity contribution < 1.29 is 0 Å². The molecule has 3 heteroatoms. The molecule has 3 aromatic rings. The van der Waals surface area contributed by atoms with Crippen LogP contribution in [-0.2, 0) is 6.42 Å². The average Bonchev–Trinajstić information content (AvgIpc) is 2.59. The predicted octanol–water partition coefficient (Wildman–Crippen LogP) is 4.56. The topological polar surface area (TPSA) is 71.4 Å². The van der Waals surface area contributed by atoms with Crippen LogP contribution >= 0.6 is 0 Å². The monoisotopic (exact) mass is 295 g/mol. The zero-order valence-electron chi connectivity index (χ0n) is 12.7. The number of aryl methyl sites for hydroxylation is 1. The molecule has 0 aliphatic heterocycles. The van der Waals surface area contributed by atoms with Crippen LogP contribution in [0.5, 0.6) is 0 Å². The summed E-state index contributed by atoms with van der Waals surface area (Å²) in [6.45, 7) is 2.04. The highest BCUT2D eigenvalue weighted by Crippen LogP contribution is 2.33. The third-order valence-corrected chi connectivity index (χ3v) is 4.12. The van der Waals surface area contributed by atoms with E-state index in [0.29, 0.717) is 17.5 Å². The van der Waals surface area contributed by atoms with E-state index in [2.05, 4.69) is 18.2 Å². The summed E-state index contributed by atoms with van der Waals surface area (Å²) in [5.74, 6) is 0. The van der Waals surface area contributed by atoms with E-state index in [1.165, 1.54) is 0 Å². The first-order valence-electron chi connectivity index (χ1n) is 7.46. The summed E-state index contributed by atoms with van der Waals surface area (Å²) >= 11 is 0. The van der Waals surface area contributed by atoms with E-state index in [1.807, 2.05) is 43.3 Å². The van der Waals surface area contributed by atoms with Gasteiger partial charge < -0.3 is 0 Å². The molecule has 0 bridgehead atoms. The number of fused-ring (bicyclic) bond motifs is 2. The zero-order chi connectivity index (χ0) is 16.4. The second-order valence-corrected chi connectivity index (χ2v) is 5.43. The Morgan fingerprint density at radius 1 is 0.783 bits per heavy atom. The quantitative estimate of drug-likeness (QED) is 0.650. The van der Waals surface area contributed by atoms with Gasteiger partial charge >= 0.3 is 0 Å². The first-order valence-corrected chi connectivity index (χ1v) is 7.46. The molecule has 0 aliphatic rings. The molecule has 0 fully saturated rings. The highest BCUT2D eigenvalue weighted by atomic mass is 14.3. The second-order valence-electron chi connectivity index (χ2n) is 5.43. The Balaban J connectivity index is 2.61. The molecule has 0 unspecified atom stereocenters. The molecule has 0 saturated heterocycles. The van der Waals surface area contributed by atoms with Crippen LogP contribution in [-0.4, -0.2) is 0 Å². The first kappa shape index (κ1) is 14.6. The largest absolute Gasteiger partial charge is 0.192 e. The lowest BCUT2D eigenvalue weighted by atomic mass is 9.87. The molecule has 0 heterocycles. The van der Waals surface area contributed by atoms with Crippen molar-refractivity contribution in [3.05, 3.63) is 58.7 Å². The van der Waals surface area contributed by atoms with Gasteiger partial charge in [0.1, 0.15) is 18.2 Å². The highest BCUT2D eigenvalue weighted by Gasteiger charge is 2.19. The van der Waals surface area contributed by atoms with Crippen molar-refractivity contribution in [2.75, 3.05) is 0 Å².